The lowest BCUT2D eigenvalue weighted by atomic mass is 9.86. The van der Waals surface area contributed by atoms with Crippen LogP contribution in [0.4, 0.5) is 5.82 Å². The summed E-state index contributed by atoms with van der Waals surface area (Å²) in [5.74, 6) is 2.18. The van der Waals surface area contributed by atoms with Gasteiger partial charge in [0, 0.05) is 17.7 Å². The van der Waals surface area contributed by atoms with Gasteiger partial charge in [0.05, 0.1) is 0 Å². The van der Waals surface area contributed by atoms with Crippen molar-refractivity contribution in [3.8, 4) is 11.4 Å². The van der Waals surface area contributed by atoms with Gasteiger partial charge in [-0.2, -0.15) is 0 Å². The van der Waals surface area contributed by atoms with Crippen LogP contribution >= 0.6 is 11.6 Å². The van der Waals surface area contributed by atoms with Crippen LogP contribution in [-0.4, -0.2) is 16.0 Å². The first kappa shape index (κ1) is 14.3. The Labute approximate surface area is 130 Å². The summed E-state index contributed by atoms with van der Waals surface area (Å²) >= 11 is 6.16. The number of anilines is 1. The molecule has 1 aliphatic rings. The van der Waals surface area contributed by atoms with Crippen LogP contribution in [0.1, 0.15) is 32.6 Å². The largest absolute Gasteiger partial charge is 0.367 e. The molecule has 1 aromatic carbocycles. The Morgan fingerprint density at radius 3 is 2.62 bits per heavy atom. The first-order chi connectivity index (χ1) is 10.2. The third-order valence-corrected chi connectivity index (χ3v) is 4.37. The minimum absolute atomic E-state index is 0.480. The fraction of sp³-hybridized carbons (Fsp3) is 0.412. The van der Waals surface area contributed by atoms with Gasteiger partial charge in [0.2, 0.25) is 0 Å². The fourth-order valence-electron chi connectivity index (χ4n) is 2.93. The maximum Gasteiger partial charge on any atom is 0.163 e. The molecule has 1 heterocycles. The van der Waals surface area contributed by atoms with Crippen LogP contribution in [0, 0.1) is 5.92 Å². The summed E-state index contributed by atoms with van der Waals surface area (Å²) in [7, 11) is 0. The van der Waals surface area contributed by atoms with Gasteiger partial charge >= 0.3 is 0 Å². The molecule has 4 heteroatoms. The molecule has 0 aliphatic heterocycles. The molecule has 21 heavy (non-hydrogen) atoms. The molecule has 110 valence electrons. The molecule has 3 nitrogen and oxygen atoms in total. The topological polar surface area (TPSA) is 37.8 Å². The molecule has 3 rings (SSSR count). The van der Waals surface area contributed by atoms with Crippen molar-refractivity contribution in [2.75, 3.05) is 5.32 Å². The lowest BCUT2D eigenvalue weighted by Gasteiger charge is -2.30. The molecule has 1 fully saturated rings. The van der Waals surface area contributed by atoms with E-state index in [0.717, 1.165) is 11.4 Å². The first-order valence-electron chi connectivity index (χ1n) is 7.59. The number of nitrogens with one attached hydrogen (secondary N) is 1. The zero-order chi connectivity index (χ0) is 14.7. The van der Waals surface area contributed by atoms with Gasteiger partial charge < -0.3 is 5.32 Å². The van der Waals surface area contributed by atoms with Crippen LogP contribution in [0.5, 0.6) is 0 Å². The van der Waals surface area contributed by atoms with Gasteiger partial charge in [-0.05, 0) is 18.8 Å². The van der Waals surface area contributed by atoms with Crippen LogP contribution in [0.15, 0.2) is 36.4 Å². The molecule has 2 atom stereocenters. The lowest BCUT2D eigenvalue weighted by Crippen LogP contribution is -2.30. The van der Waals surface area contributed by atoms with E-state index in [1.54, 1.807) is 0 Å². The standard InChI is InChI=1S/C17H20ClN3/c1-12-7-5-6-10-14(12)19-16-11-15(18)20-17(21-16)13-8-3-2-4-9-13/h2-4,8-9,11-12,14H,5-7,10H2,1H3,(H,19,20,21). The normalized spacial score (nSPS) is 22.0. The van der Waals surface area contributed by atoms with Crippen molar-refractivity contribution >= 4 is 17.4 Å². The Morgan fingerprint density at radius 2 is 1.86 bits per heavy atom. The zero-order valence-electron chi connectivity index (χ0n) is 12.2. The summed E-state index contributed by atoms with van der Waals surface area (Å²) in [6.07, 6.45) is 5.09. The number of hydrogen-bond acceptors (Lipinski definition) is 3. The van der Waals surface area contributed by atoms with Crippen molar-refractivity contribution in [1.82, 2.24) is 9.97 Å². The Hall–Kier alpha value is -1.61. The van der Waals surface area contributed by atoms with E-state index in [4.69, 9.17) is 11.6 Å². The minimum Gasteiger partial charge on any atom is -0.367 e. The fourth-order valence-corrected chi connectivity index (χ4v) is 3.11. The second-order valence-corrected chi connectivity index (χ2v) is 6.17. The van der Waals surface area contributed by atoms with Crippen LogP contribution in [-0.2, 0) is 0 Å². The molecule has 1 N–H and O–H groups in total. The average molecular weight is 302 g/mol. The second kappa shape index (κ2) is 6.44. The number of benzene rings is 1. The first-order valence-corrected chi connectivity index (χ1v) is 7.97. The van der Waals surface area contributed by atoms with Gasteiger partial charge in [0.15, 0.2) is 5.82 Å². The van der Waals surface area contributed by atoms with Crippen molar-refractivity contribution in [2.24, 2.45) is 5.92 Å². The number of halogens is 1. The molecule has 2 unspecified atom stereocenters. The van der Waals surface area contributed by atoms with E-state index in [2.05, 4.69) is 22.2 Å². The van der Waals surface area contributed by atoms with E-state index in [1.807, 2.05) is 36.4 Å². The van der Waals surface area contributed by atoms with Crippen molar-refractivity contribution in [1.29, 1.82) is 0 Å². The molecule has 0 saturated heterocycles. The van der Waals surface area contributed by atoms with Gasteiger partial charge in [-0.15, -0.1) is 0 Å². The minimum atomic E-state index is 0.480. The Kier molecular flexibility index (Phi) is 4.39. The van der Waals surface area contributed by atoms with Crippen molar-refractivity contribution in [3.63, 3.8) is 0 Å². The highest BCUT2D eigenvalue weighted by molar-refractivity contribution is 6.29. The van der Waals surface area contributed by atoms with Crippen LogP contribution in [0.25, 0.3) is 11.4 Å². The summed E-state index contributed by atoms with van der Waals surface area (Å²) in [6, 6.07) is 12.2. The third-order valence-electron chi connectivity index (χ3n) is 4.17. The summed E-state index contributed by atoms with van der Waals surface area (Å²) < 4.78 is 0. The van der Waals surface area contributed by atoms with Crippen LogP contribution in [0.2, 0.25) is 5.15 Å². The van der Waals surface area contributed by atoms with Gasteiger partial charge in [-0.3, -0.25) is 0 Å². The number of aromatic nitrogens is 2. The molecule has 0 spiro atoms. The quantitative estimate of drug-likeness (QED) is 0.828. The van der Waals surface area contributed by atoms with Crippen molar-refractivity contribution < 1.29 is 0 Å². The van der Waals surface area contributed by atoms with E-state index >= 15 is 0 Å². The van der Waals surface area contributed by atoms with Crippen molar-refractivity contribution in [2.45, 2.75) is 38.6 Å². The monoisotopic (exact) mass is 301 g/mol. The summed E-state index contributed by atoms with van der Waals surface area (Å²) in [4.78, 5) is 8.96. The molecule has 0 amide bonds. The molecule has 2 aromatic rings. The summed E-state index contributed by atoms with van der Waals surface area (Å²) in [5, 5.41) is 4.03. The number of hydrogen-bond donors (Lipinski definition) is 1. The molecule has 0 radical (unpaired) electrons. The van der Waals surface area contributed by atoms with E-state index in [0.29, 0.717) is 22.9 Å². The molecule has 1 saturated carbocycles. The SMILES string of the molecule is CC1CCCCC1Nc1cc(Cl)nc(-c2ccccc2)n1. The summed E-state index contributed by atoms with van der Waals surface area (Å²) in [6.45, 7) is 2.30. The van der Waals surface area contributed by atoms with E-state index in [-0.39, 0.29) is 0 Å². The Bertz CT molecular complexity index is 600. The number of rotatable bonds is 3. The van der Waals surface area contributed by atoms with Gasteiger partial charge in [0.25, 0.3) is 0 Å². The smallest absolute Gasteiger partial charge is 0.163 e. The highest BCUT2D eigenvalue weighted by Crippen LogP contribution is 2.27. The van der Waals surface area contributed by atoms with E-state index in [9.17, 15) is 0 Å². The molecular formula is C17H20ClN3. The molecule has 0 bridgehead atoms. The van der Waals surface area contributed by atoms with E-state index < -0.39 is 0 Å². The van der Waals surface area contributed by atoms with Gasteiger partial charge in [-0.1, -0.05) is 61.7 Å². The Morgan fingerprint density at radius 1 is 1.10 bits per heavy atom. The average Bonchev–Trinajstić information content (AvgIpc) is 2.50. The van der Waals surface area contributed by atoms with Crippen LogP contribution < -0.4 is 5.32 Å². The highest BCUT2D eigenvalue weighted by atomic mass is 35.5. The van der Waals surface area contributed by atoms with Gasteiger partial charge in [0.1, 0.15) is 11.0 Å². The second-order valence-electron chi connectivity index (χ2n) is 5.78. The molecule has 1 aliphatic carbocycles. The highest BCUT2D eigenvalue weighted by Gasteiger charge is 2.21. The lowest BCUT2D eigenvalue weighted by molar-refractivity contribution is 0.349. The van der Waals surface area contributed by atoms with Crippen LogP contribution in [0.3, 0.4) is 0 Å². The van der Waals surface area contributed by atoms with Crippen molar-refractivity contribution in [3.05, 3.63) is 41.6 Å². The zero-order valence-corrected chi connectivity index (χ0v) is 13.0. The summed E-state index contributed by atoms with van der Waals surface area (Å²) in [5.41, 5.74) is 0.986. The number of nitrogens with zero attached hydrogens (tertiary/aromatic N) is 2. The molecular weight excluding hydrogens is 282 g/mol. The third kappa shape index (κ3) is 3.53. The maximum atomic E-state index is 6.16. The van der Waals surface area contributed by atoms with Gasteiger partial charge in [-0.25, -0.2) is 9.97 Å². The molecule has 1 aromatic heterocycles. The maximum absolute atomic E-state index is 6.16. The Balaban J connectivity index is 1.84. The van der Waals surface area contributed by atoms with E-state index in [1.165, 1.54) is 25.7 Å². The predicted octanol–water partition coefficient (Wildman–Crippen LogP) is 4.79. The predicted molar refractivity (Wildman–Crippen MR) is 87.5 cm³/mol.